The summed E-state index contributed by atoms with van der Waals surface area (Å²) in [5.74, 6) is -1.18. The molecule has 0 fully saturated rings. The molecule has 1 aliphatic rings. The van der Waals surface area contributed by atoms with Gasteiger partial charge in [0.25, 0.3) is 0 Å². The molecule has 0 aliphatic carbocycles. The second-order valence-electron chi connectivity index (χ2n) is 7.82. The van der Waals surface area contributed by atoms with Crippen LogP contribution in [0, 0.1) is 6.92 Å². The van der Waals surface area contributed by atoms with E-state index >= 15 is 0 Å². The molecule has 0 bridgehead atoms. The number of imidazole rings is 2. The first-order chi connectivity index (χ1) is 17.1. The lowest BCUT2D eigenvalue weighted by Gasteiger charge is -2.14. The van der Waals surface area contributed by atoms with Crippen LogP contribution in [0.2, 0.25) is 0 Å². The molecule has 2 aromatic carbocycles. The van der Waals surface area contributed by atoms with Crippen molar-refractivity contribution in [2.75, 3.05) is 0 Å². The Bertz CT molecular complexity index is 1520. The molecule has 0 atom stereocenters. The lowest BCUT2D eigenvalue weighted by Crippen LogP contribution is -2.25. The molecule has 194 valence electrons. The van der Waals surface area contributed by atoms with Crippen molar-refractivity contribution in [3.63, 3.8) is 0 Å². The van der Waals surface area contributed by atoms with Gasteiger partial charge in [-0.15, -0.1) is 8.78 Å². The molecule has 0 spiro atoms. The average molecular weight is 595 g/mol. The number of aryl methyl sites for hydroxylation is 1. The van der Waals surface area contributed by atoms with Gasteiger partial charge in [0.1, 0.15) is 11.6 Å². The smallest absolute Gasteiger partial charge is 0.395 e. The van der Waals surface area contributed by atoms with Gasteiger partial charge < -0.3 is 14.0 Å². The lowest BCUT2D eigenvalue weighted by molar-refractivity contribution is -0.286. The quantitative estimate of drug-likeness (QED) is 0.236. The van der Waals surface area contributed by atoms with Crippen molar-refractivity contribution >= 4 is 15.9 Å². The molecule has 2 aromatic heterocycles. The number of halogens is 9. The van der Waals surface area contributed by atoms with E-state index in [9.17, 15) is 35.1 Å². The second kappa shape index (κ2) is 8.19. The van der Waals surface area contributed by atoms with E-state index in [1.165, 1.54) is 31.2 Å². The number of rotatable bonds is 3. The average Bonchev–Trinajstić information content (AvgIpc) is 3.46. The number of fused-ring (bicyclic) bond motifs is 1. The zero-order valence-corrected chi connectivity index (χ0v) is 19.7. The topological polar surface area (TPSA) is 54.1 Å². The Balaban J connectivity index is 1.73. The van der Waals surface area contributed by atoms with Crippen LogP contribution >= 0.6 is 15.9 Å². The van der Waals surface area contributed by atoms with Crippen molar-refractivity contribution in [1.29, 1.82) is 0 Å². The Morgan fingerprint density at radius 1 is 0.811 bits per heavy atom. The van der Waals surface area contributed by atoms with Gasteiger partial charge >= 0.3 is 18.6 Å². The predicted octanol–water partition coefficient (Wildman–Crippen LogP) is 7.16. The minimum Gasteiger partial charge on any atom is -0.395 e. The highest BCUT2D eigenvalue weighted by molar-refractivity contribution is 9.10. The molecule has 0 unspecified atom stereocenters. The van der Waals surface area contributed by atoms with Crippen molar-refractivity contribution in [1.82, 2.24) is 19.1 Å². The molecule has 3 heterocycles. The van der Waals surface area contributed by atoms with E-state index in [1.807, 2.05) is 0 Å². The van der Waals surface area contributed by atoms with Gasteiger partial charge in [-0.1, -0.05) is 15.9 Å². The number of nitrogens with zero attached hydrogens (tertiary/aromatic N) is 4. The molecule has 5 rings (SSSR count). The number of hydrogen-bond donors (Lipinski definition) is 0. The zero-order chi connectivity index (χ0) is 26.9. The van der Waals surface area contributed by atoms with Crippen LogP contribution < -0.4 is 9.47 Å². The van der Waals surface area contributed by atoms with E-state index in [4.69, 9.17) is 0 Å². The summed E-state index contributed by atoms with van der Waals surface area (Å²) in [6, 6.07) is 7.54. The third-order valence-electron chi connectivity index (χ3n) is 5.29. The van der Waals surface area contributed by atoms with Gasteiger partial charge in [-0.2, -0.15) is 26.3 Å². The number of aromatic nitrogens is 4. The van der Waals surface area contributed by atoms with Gasteiger partial charge in [0.2, 0.25) is 0 Å². The van der Waals surface area contributed by atoms with Crippen molar-refractivity contribution in [3.8, 4) is 34.3 Å². The van der Waals surface area contributed by atoms with Crippen LogP contribution in [-0.2, 0) is 12.4 Å². The highest BCUT2D eigenvalue weighted by Gasteiger charge is 2.44. The second-order valence-corrected chi connectivity index (χ2v) is 8.73. The van der Waals surface area contributed by atoms with Crippen molar-refractivity contribution in [2.24, 2.45) is 0 Å². The number of hydrogen-bond acceptors (Lipinski definition) is 4. The van der Waals surface area contributed by atoms with Crippen molar-refractivity contribution in [3.05, 3.63) is 70.5 Å². The van der Waals surface area contributed by atoms with Crippen molar-refractivity contribution < 1.29 is 44.6 Å². The Kier molecular flexibility index (Phi) is 5.55. The first kappa shape index (κ1) is 25.0. The largest absolute Gasteiger partial charge is 0.586 e. The third-order valence-corrected chi connectivity index (χ3v) is 5.78. The summed E-state index contributed by atoms with van der Waals surface area (Å²) in [4.78, 5) is 7.21. The summed E-state index contributed by atoms with van der Waals surface area (Å²) >= 11 is 3.22. The molecule has 15 heteroatoms. The van der Waals surface area contributed by atoms with Gasteiger partial charge in [0, 0.05) is 28.5 Å². The molecule has 37 heavy (non-hydrogen) atoms. The van der Waals surface area contributed by atoms with Crippen LogP contribution in [0.25, 0.3) is 22.8 Å². The Morgan fingerprint density at radius 2 is 1.43 bits per heavy atom. The lowest BCUT2D eigenvalue weighted by atomic mass is 10.1. The fourth-order valence-corrected chi connectivity index (χ4v) is 4.10. The SMILES string of the molecule is Cc1nc(C(F)(F)F)cn1-c1ccc(Br)cc1-c1nc(C(F)(F)F)cn1-c1ccc2c(c1)OC(F)(F)O2. The van der Waals surface area contributed by atoms with E-state index in [2.05, 4.69) is 35.4 Å². The fourth-order valence-electron chi connectivity index (χ4n) is 3.74. The van der Waals surface area contributed by atoms with Crippen LogP contribution in [0.1, 0.15) is 17.2 Å². The first-order valence-corrected chi connectivity index (χ1v) is 10.9. The molecular weight excluding hydrogens is 584 g/mol. The van der Waals surface area contributed by atoms with Crippen LogP contribution in [0.4, 0.5) is 35.1 Å². The third kappa shape index (κ3) is 4.63. The Hall–Kier alpha value is -3.62. The number of benzene rings is 2. The Labute approximate surface area is 210 Å². The molecular formula is C22H11BrF8N4O2. The molecule has 0 amide bonds. The van der Waals surface area contributed by atoms with Gasteiger partial charge in [0.15, 0.2) is 22.9 Å². The van der Waals surface area contributed by atoms with Gasteiger partial charge in [-0.05, 0) is 37.3 Å². The van der Waals surface area contributed by atoms with Crippen molar-refractivity contribution in [2.45, 2.75) is 25.6 Å². The highest BCUT2D eigenvalue weighted by atomic mass is 79.9. The number of ether oxygens (including phenoxy) is 2. The standard InChI is InChI=1S/C22H11BrF8N4O2/c1-10-32-17(20(24,25)26)8-34(10)14-4-2-11(23)6-13(14)19-33-18(21(27,28)29)9-35(19)12-3-5-15-16(7-12)37-22(30,31)36-15/h2-9H,1H3. The maximum absolute atomic E-state index is 13.7. The molecule has 0 radical (unpaired) electrons. The predicted molar refractivity (Wildman–Crippen MR) is 115 cm³/mol. The summed E-state index contributed by atoms with van der Waals surface area (Å²) in [6.45, 7) is 1.30. The van der Waals surface area contributed by atoms with E-state index in [0.29, 0.717) is 16.9 Å². The van der Waals surface area contributed by atoms with Gasteiger partial charge in [-0.25, -0.2) is 9.97 Å². The normalized spacial score (nSPS) is 14.9. The molecule has 0 saturated carbocycles. The van der Waals surface area contributed by atoms with E-state index in [0.717, 1.165) is 21.3 Å². The summed E-state index contributed by atoms with van der Waals surface area (Å²) in [6.07, 6.45) is -12.3. The molecule has 1 aliphatic heterocycles. The van der Waals surface area contributed by atoms with Crippen LogP contribution in [-0.4, -0.2) is 25.4 Å². The molecule has 6 nitrogen and oxygen atoms in total. The van der Waals surface area contributed by atoms with E-state index in [1.54, 1.807) is 0 Å². The minimum absolute atomic E-state index is 0.0119. The molecule has 0 saturated heterocycles. The van der Waals surface area contributed by atoms with E-state index < -0.39 is 35.8 Å². The summed E-state index contributed by atoms with van der Waals surface area (Å²) in [5.41, 5.74) is -2.55. The maximum atomic E-state index is 13.7. The number of alkyl halides is 8. The molecule has 0 N–H and O–H groups in total. The zero-order valence-electron chi connectivity index (χ0n) is 18.1. The Morgan fingerprint density at radius 3 is 2.08 bits per heavy atom. The van der Waals surface area contributed by atoms with E-state index in [-0.39, 0.29) is 34.3 Å². The van der Waals surface area contributed by atoms with Crippen LogP contribution in [0.15, 0.2) is 53.3 Å². The minimum atomic E-state index is -4.90. The monoisotopic (exact) mass is 594 g/mol. The maximum Gasteiger partial charge on any atom is 0.586 e. The summed E-state index contributed by atoms with van der Waals surface area (Å²) in [7, 11) is 0. The summed E-state index contributed by atoms with van der Waals surface area (Å²) < 4.78 is 119. The van der Waals surface area contributed by atoms with Gasteiger partial charge in [-0.3, -0.25) is 4.57 Å². The van der Waals surface area contributed by atoms with Crippen LogP contribution in [0.3, 0.4) is 0 Å². The van der Waals surface area contributed by atoms with Gasteiger partial charge in [0.05, 0.1) is 11.4 Å². The van der Waals surface area contributed by atoms with Crippen LogP contribution in [0.5, 0.6) is 11.5 Å². The highest BCUT2D eigenvalue weighted by Crippen LogP contribution is 2.43. The summed E-state index contributed by atoms with van der Waals surface area (Å²) in [5, 5.41) is 0. The first-order valence-electron chi connectivity index (χ1n) is 10.1. The molecule has 4 aromatic rings. The fraction of sp³-hybridized carbons (Fsp3) is 0.182.